The topological polar surface area (TPSA) is 0 Å². The maximum absolute atomic E-state index is 5.43. The summed E-state index contributed by atoms with van der Waals surface area (Å²) in [6, 6.07) is 8.58. The van der Waals surface area contributed by atoms with Crippen LogP contribution in [-0.2, 0) is 6.42 Å². The summed E-state index contributed by atoms with van der Waals surface area (Å²) in [7, 11) is 0. The summed E-state index contributed by atoms with van der Waals surface area (Å²) < 4.78 is 0. The molecule has 15 heavy (non-hydrogen) atoms. The fourth-order valence-corrected chi connectivity index (χ4v) is 2.75. The normalized spacial score (nSPS) is 14.7. The largest absolute Gasteiger partial charge is 0.120 e. The predicted molar refractivity (Wildman–Crippen MR) is 68.9 cm³/mol. The van der Waals surface area contributed by atoms with Crippen LogP contribution in [0.2, 0.25) is 0 Å². The Labute approximate surface area is 99.5 Å². The van der Waals surface area contributed by atoms with Gasteiger partial charge in [0.05, 0.1) is 0 Å². The van der Waals surface area contributed by atoms with Crippen LogP contribution in [0.1, 0.15) is 24.0 Å². The number of benzene rings is 1. The van der Waals surface area contributed by atoms with Crippen molar-refractivity contribution in [2.75, 3.05) is 5.33 Å². The lowest BCUT2D eigenvalue weighted by Gasteiger charge is -2.21. The van der Waals surface area contributed by atoms with Gasteiger partial charge >= 0.3 is 0 Å². The summed E-state index contributed by atoms with van der Waals surface area (Å²) in [5, 5.41) is 0.943. The van der Waals surface area contributed by atoms with Crippen LogP contribution in [0.5, 0.6) is 0 Å². The van der Waals surface area contributed by atoms with Gasteiger partial charge in [0.25, 0.3) is 0 Å². The van der Waals surface area contributed by atoms with Gasteiger partial charge in [0, 0.05) is 11.8 Å². The molecule has 1 aliphatic rings. The minimum atomic E-state index is 0.748. The van der Waals surface area contributed by atoms with Gasteiger partial charge in [-0.3, -0.25) is 0 Å². The number of rotatable bonds is 2. The van der Waals surface area contributed by atoms with E-state index in [9.17, 15) is 0 Å². The zero-order valence-electron chi connectivity index (χ0n) is 8.59. The highest BCUT2D eigenvalue weighted by atomic mass is 79.9. The van der Waals surface area contributed by atoms with E-state index >= 15 is 0 Å². The van der Waals surface area contributed by atoms with E-state index in [1.807, 2.05) is 0 Å². The highest BCUT2D eigenvalue weighted by Crippen LogP contribution is 2.33. The third-order valence-corrected chi connectivity index (χ3v) is 3.58. The number of terminal acetylenes is 1. The van der Waals surface area contributed by atoms with Gasteiger partial charge in [0.15, 0.2) is 0 Å². The first-order valence-electron chi connectivity index (χ1n) is 5.15. The standard InChI is InChI=1S/C14H13Br/c1-2-5-13-12(10-15)9-8-11-6-3-4-7-14(11)13/h1,3-4,6-7H,5,8-10H2. The summed E-state index contributed by atoms with van der Waals surface area (Å²) in [6.45, 7) is 0. The number of fused-ring (bicyclic) bond motifs is 1. The Morgan fingerprint density at radius 3 is 2.80 bits per heavy atom. The van der Waals surface area contributed by atoms with E-state index < -0.39 is 0 Å². The lowest BCUT2D eigenvalue weighted by atomic mass is 9.85. The second-order valence-electron chi connectivity index (χ2n) is 3.75. The monoisotopic (exact) mass is 260 g/mol. The van der Waals surface area contributed by atoms with Crippen molar-refractivity contribution in [2.45, 2.75) is 19.3 Å². The van der Waals surface area contributed by atoms with Gasteiger partial charge < -0.3 is 0 Å². The SMILES string of the molecule is C#CCC1=C(CBr)CCc2ccccc21. The number of alkyl halides is 1. The third kappa shape index (κ3) is 2.01. The first-order chi connectivity index (χ1) is 7.36. The fraction of sp³-hybridized carbons (Fsp3) is 0.286. The predicted octanol–water partition coefficient (Wildman–Crippen LogP) is 3.80. The molecule has 0 saturated heterocycles. The summed E-state index contributed by atoms with van der Waals surface area (Å²) in [4.78, 5) is 0. The van der Waals surface area contributed by atoms with Crippen LogP contribution in [0.15, 0.2) is 29.8 Å². The molecule has 0 bridgehead atoms. The molecule has 2 rings (SSSR count). The van der Waals surface area contributed by atoms with Crippen molar-refractivity contribution in [3.05, 3.63) is 41.0 Å². The van der Waals surface area contributed by atoms with Crippen molar-refractivity contribution < 1.29 is 0 Å². The average molecular weight is 261 g/mol. The zero-order chi connectivity index (χ0) is 10.7. The minimum Gasteiger partial charge on any atom is -0.120 e. The summed E-state index contributed by atoms with van der Waals surface area (Å²) in [5.41, 5.74) is 5.62. The van der Waals surface area contributed by atoms with Gasteiger partial charge in [-0.05, 0) is 29.5 Å². The van der Waals surface area contributed by atoms with E-state index in [0.29, 0.717) is 0 Å². The smallest absolute Gasteiger partial charge is 0.0343 e. The van der Waals surface area contributed by atoms with E-state index in [0.717, 1.165) is 24.6 Å². The summed E-state index contributed by atoms with van der Waals surface area (Å²) >= 11 is 3.55. The van der Waals surface area contributed by atoms with Crippen molar-refractivity contribution in [1.82, 2.24) is 0 Å². The maximum atomic E-state index is 5.43. The van der Waals surface area contributed by atoms with Crippen LogP contribution in [0, 0.1) is 12.3 Å². The first-order valence-corrected chi connectivity index (χ1v) is 6.27. The molecule has 0 nitrogen and oxygen atoms in total. The average Bonchev–Trinajstić information content (AvgIpc) is 2.30. The Kier molecular flexibility index (Phi) is 3.28. The molecule has 0 heterocycles. The molecule has 0 aromatic heterocycles. The second-order valence-corrected chi connectivity index (χ2v) is 4.31. The third-order valence-electron chi connectivity index (χ3n) is 2.91. The number of allylic oxidation sites excluding steroid dienone is 2. The van der Waals surface area contributed by atoms with Crippen LogP contribution in [0.4, 0.5) is 0 Å². The number of halogens is 1. The van der Waals surface area contributed by atoms with Gasteiger partial charge in [-0.25, -0.2) is 0 Å². The van der Waals surface area contributed by atoms with Crippen LogP contribution in [0.3, 0.4) is 0 Å². The molecule has 0 fully saturated rings. The minimum absolute atomic E-state index is 0.748. The van der Waals surface area contributed by atoms with Crippen LogP contribution in [0.25, 0.3) is 5.57 Å². The summed E-state index contributed by atoms with van der Waals surface area (Å²) in [5.74, 6) is 2.76. The molecule has 1 aromatic rings. The van der Waals surface area contributed by atoms with Gasteiger partial charge in [-0.2, -0.15) is 0 Å². The molecule has 1 aliphatic carbocycles. The molecule has 0 atom stereocenters. The van der Waals surface area contributed by atoms with Crippen molar-refractivity contribution in [3.8, 4) is 12.3 Å². The molecule has 0 unspecified atom stereocenters. The molecular weight excluding hydrogens is 248 g/mol. The summed E-state index contributed by atoms with van der Waals surface area (Å²) in [6.07, 6.45) is 8.46. The number of hydrogen-bond acceptors (Lipinski definition) is 0. The molecule has 0 N–H and O–H groups in total. The van der Waals surface area contributed by atoms with E-state index in [-0.39, 0.29) is 0 Å². The van der Waals surface area contributed by atoms with Crippen molar-refractivity contribution >= 4 is 21.5 Å². The Hall–Kier alpha value is -1.00. The molecule has 0 spiro atoms. The van der Waals surface area contributed by atoms with Gasteiger partial charge in [0.2, 0.25) is 0 Å². The maximum Gasteiger partial charge on any atom is 0.0343 e. The van der Waals surface area contributed by atoms with E-state index in [1.165, 1.54) is 22.3 Å². The van der Waals surface area contributed by atoms with Crippen molar-refractivity contribution in [1.29, 1.82) is 0 Å². The quantitative estimate of drug-likeness (QED) is 0.561. The van der Waals surface area contributed by atoms with E-state index in [1.54, 1.807) is 0 Å². The van der Waals surface area contributed by atoms with Crippen molar-refractivity contribution in [2.24, 2.45) is 0 Å². The second kappa shape index (κ2) is 4.68. The van der Waals surface area contributed by atoms with Crippen LogP contribution >= 0.6 is 15.9 Å². The molecule has 76 valence electrons. The Balaban J connectivity index is 2.51. The molecule has 0 aliphatic heterocycles. The Morgan fingerprint density at radius 2 is 2.07 bits per heavy atom. The lowest BCUT2D eigenvalue weighted by Crippen LogP contribution is -2.05. The van der Waals surface area contributed by atoms with E-state index in [4.69, 9.17) is 6.42 Å². The lowest BCUT2D eigenvalue weighted by molar-refractivity contribution is 0.916. The Bertz CT molecular complexity index is 435. The van der Waals surface area contributed by atoms with Gasteiger partial charge in [0.1, 0.15) is 0 Å². The highest BCUT2D eigenvalue weighted by Gasteiger charge is 2.16. The van der Waals surface area contributed by atoms with Gasteiger partial charge in [-0.15, -0.1) is 12.3 Å². The molecular formula is C14H13Br. The zero-order valence-corrected chi connectivity index (χ0v) is 10.2. The van der Waals surface area contributed by atoms with E-state index in [2.05, 4.69) is 46.1 Å². The molecule has 0 saturated carbocycles. The van der Waals surface area contributed by atoms with Gasteiger partial charge in [-0.1, -0.05) is 45.8 Å². The van der Waals surface area contributed by atoms with Crippen LogP contribution < -0.4 is 0 Å². The van der Waals surface area contributed by atoms with Crippen LogP contribution in [-0.4, -0.2) is 5.33 Å². The molecule has 1 aromatic carbocycles. The molecule has 1 heteroatoms. The number of hydrogen-bond donors (Lipinski definition) is 0. The number of aryl methyl sites for hydroxylation is 1. The van der Waals surface area contributed by atoms with Crippen molar-refractivity contribution in [3.63, 3.8) is 0 Å². The Morgan fingerprint density at radius 1 is 1.27 bits per heavy atom. The first kappa shape index (κ1) is 10.5. The highest BCUT2D eigenvalue weighted by molar-refractivity contribution is 9.09. The molecule has 0 amide bonds. The molecule has 0 radical (unpaired) electrons. The fourth-order valence-electron chi connectivity index (χ4n) is 2.13.